The van der Waals surface area contributed by atoms with Crippen molar-refractivity contribution < 1.29 is 5.11 Å². The van der Waals surface area contributed by atoms with Crippen molar-refractivity contribution in [3.63, 3.8) is 0 Å². The minimum atomic E-state index is -0.00435. The lowest BCUT2D eigenvalue weighted by molar-refractivity contribution is 0.0387. The molecule has 2 rings (SSSR count). The molecule has 0 aliphatic carbocycles. The Bertz CT molecular complexity index is 134. The van der Waals surface area contributed by atoms with Crippen LogP contribution in [-0.4, -0.2) is 34.7 Å². The summed E-state index contributed by atoms with van der Waals surface area (Å²) in [6, 6.07) is 1.41. The molecule has 0 radical (unpaired) electrons. The molecular weight excluding hydrogens is 138 g/mol. The van der Waals surface area contributed by atoms with Crippen LogP contribution in [-0.2, 0) is 0 Å². The van der Waals surface area contributed by atoms with Crippen LogP contribution < -0.4 is 0 Å². The molecular formula is C9H17NO. The molecule has 2 aliphatic heterocycles. The van der Waals surface area contributed by atoms with Crippen LogP contribution in [0.15, 0.2) is 0 Å². The van der Waals surface area contributed by atoms with Crippen LogP contribution >= 0.6 is 0 Å². The van der Waals surface area contributed by atoms with Crippen molar-refractivity contribution in [1.29, 1.82) is 0 Å². The van der Waals surface area contributed by atoms with Gasteiger partial charge in [-0.1, -0.05) is 6.92 Å². The first-order chi connectivity index (χ1) is 5.31. The SMILES string of the molecule is CCN1[C@@H]2CC[C@@H]1CC(O)C2. The van der Waals surface area contributed by atoms with Crippen molar-refractivity contribution in [2.24, 2.45) is 0 Å². The largest absolute Gasteiger partial charge is 0.393 e. The first kappa shape index (κ1) is 7.56. The molecule has 11 heavy (non-hydrogen) atoms. The van der Waals surface area contributed by atoms with Crippen molar-refractivity contribution in [1.82, 2.24) is 4.90 Å². The highest BCUT2D eigenvalue weighted by atomic mass is 16.3. The van der Waals surface area contributed by atoms with Crippen LogP contribution in [0.25, 0.3) is 0 Å². The van der Waals surface area contributed by atoms with Gasteiger partial charge < -0.3 is 5.11 Å². The maximum atomic E-state index is 9.48. The van der Waals surface area contributed by atoms with Crippen molar-refractivity contribution >= 4 is 0 Å². The van der Waals surface area contributed by atoms with Gasteiger partial charge in [-0.15, -0.1) is 0 Å². The molecule has 0 amide bonds. The third-order valence-electron chi connectivity index (χ3n) is 3.22. The Morgan fingerprint density at radius 3 is 2.27 bits per heavy atom. The quantitative estimate of drug-likeness (QED) is 0.610. The van der Waals surface area contributed by atoms with Crippen molar-refractivity contribution in [3.05, 3.63) is 0 Å². The fourth-order valence-electron chi connectivity index (χ4n) is 2.76. The van der Waals surface area contributed by atoms with Gasteiger partial charge in [-0.05, 0) is 32.2 Å². The topological polar surface area (TPSA) is 23.5 Å². The minimum absolute atomic E-state index is 0.00435. The molecule has 2 bridgehead atoms. The number of hydrogen-bond acceptors (Lipinski definition) is 2. The zero-order valence-corrected chi connectivity index (χ0v) is 7.16. The molecule has 2 nitrogen and oxygen atoms in total. The van der Waals surface area contributed by atoms with Gasteiger partial charge in [0, 0.05) is 12.1 Å². The maximum Gasteiger partial charge on any atom is 0.0570 e. The Kier molecular flexibility index (Phi) is 1.90. The smallest absolute Gasteiger partial charge is 0.0570 e. The summed E-state index contributed by atoms with van der Waals surface area (Å²) in [6.45, 7) is 3.39. The zero-order chi connectivity index (χ0) is 7.84. The lowest BCUT2D eigenvalue weighted by atomic mass is 10.0. The standard InChI is InChI=1S/C9H17NO/c1-2-10-7-3-4-8(10)6-9(11)5-7/h7-9,11H,2-6H2,1H3/t7-,8-/m1/s1. The first-order valence-corrected chi connectivity index (χ1v) is 4.75. The average Bonchev–Trinajstić information content (AvgIpc) is 2.23. The molecule has 2 heterocycles. The molecule has 2 heteroatoms. The Morgan fingerprint density at radius 1 is 1.27 bits per heavy atom. The van der Waals surface area contributed by atoms with E-state index < -0.39 is 0 Å². The first-order valence-electron chi connectivity index (χ1n) is 4.75. The van der Waals surface area contributed by atoms with E-state index in [1.54, 1.807) is 0 Å². The molecule has 0 aromatic heterocycles. The summed E-state index contributed by atoms with van der Waals surface area (Å²) in [5.41, 5.74) is 0. The van der Waals surface area contributed by atoms with Crippen LogP contribution in [0, 0.1) is 0 Å². The fourth-order valence-corrected chi connectivity index (χ4v) is 2.76. The van der Waals surface area contributed by atoms with Crippen LogP contribution in [0.2, 0.25) is 0 Å². The summed E-state index contributed by atoms with van der Waals surface area (Å²) in [5, 5.41) is 9.48. The van der Waals surface area contributed by atoms with Crippen LogP contribution in [0.4, 0.5) is 0 Å². The van der Waals surface area contributed by atoms with Gasteiger partial charge in [-0.3, -0.25) is 4.90 Å². The van der Waals surface area contributed by atoms with Gasteiger partial charge in [-0.2, -0.15) is 0 Å². The molecule has 0 spiro atoms. The molecule has 0 unspecified atom stereocenters. The van der Waals surface area contributed by atoms with Crippen molar-refractivity contribution in [2.45, 2.75) is 50.8 Å². The molecule has 0 saturated carbocycles. The number of hydrogen-bond donors (Lipinski definition) is 1. The number of aliphatic hydroxyl groups is 1. The molecule has 0 aromatic carbocycles. The molecule has 1 N–H and O–H groups in total. The van der Waals surface area contributed by atoms with Gasteiger partial charge in [0.05, 0.1) is 6.10 Å². The van der Waals surface area contributed by atoms with Crippen LogP contribution in [0.3, 0.4) is 0 Å². The molecule has 0 aromatic rings. The third-order valence-corrected chi connectivity index (χ3v) is 3.22. The van der Waals surface area contributed by atoms with E-state index in [1.165, 1.54) is 19.4 Å². The molecule has 64 valence electrons. The summed E-state index contributed by atoms with van der Waals surface area (Å²) in [6.07, 6.45) is 4.66. The second kappa shape index (κ2) is 2.76. The average molecular weight is 155 g/mol. The van der Waals surface area contributed by atoms with Crippen LogP contribution in [0.5, 0.6) is 0 Å². The lowest BCUT2D eigenvalue weighted by Gasteiger charge is -2.36. The number of nitrogens with zero attached hydrogens (tertiary/aromatic N) is 1. The van der Waals surface area contributed by atoms with Gasteiger partial charge in [0.1, 0.15) is 0 Å². The monoisotopic (exact) mass is 155 g/mol. The van der Waals surface area contributed by atoms with Crippen molar-refractivity contribution in [3.8, 4) is 0 Å². The second-order valence-electron chi connectivity index (χ2n) is 3.84. The summed E-state index contributed by atoms with van der Waals surface area (Å²) in [5.74, 6) is 0. The third kappa shape index (κ3) is 1.18. The number of piperidine rings is 1. The lowest BCUT2D eigenvalue weighted by Crippen LogP contribution is -2.44. The van der Waals surface area contributed by atoms with E-state index in [0.29, 0.717) is 12.1 Å². The molecule has 2 aliphatic rings. The Labute approximate surface area is 68.2 Å². The second-order valence-corrected chi connectivity index (χ2v) is 3.84. The number of rotatable bonds is 1. The highest BCUT2D eigenvalue weighted by Crippen LogP contribution is 2.34. The van der Waals surface area contributed by atoms with E-state index in [2.05, 4.69) is 11.8 Å². The highest BCUT2D eigenvalue weighted by Gasteiger charge is 2.38. The molecule has 2 atom stereocenters. The van der Waals surface area contributed by atoms with Gasteiger partial charge in [-0.25, -0.2) is 0 Å². The van der Waals surface area contributed by atoms with Gasteiger partial charge >= 0.3 is 0 Å². The van der Waals surface area contributed by atoms with E-state index in [0.717, 1.165) is 12.8 Å². The normalized spacial score (nSPS) is 44.7. The predicted octanol–water partition coefficient (Wildman–Crippen LogP) is 0.994. The van der Waals surface area contributed by atoms with Crippen LogP contribution in [0.1, 0.15) is 32.6 Å². The number of aliphatic hydroxyl groups excluding tert-OH is 1. The van der Waals surface area contributed by atoms with E-state index in [9.17, 15) is 5.11 Å². The summed E-state index contributed by atoms with van der Waals surface area (Å²) in [4.78, 5) is 2.56. The highest BCUT2D eigenvalue weighted by molar-refractivity contribution is 4.94. The summed E-state index contributed by atoms with van der Waals surface area (Å²) < 4.78 is 0. The van der Waals surface area contributed by atoms with E-state index in [-0.39, 0.29) is 6.10 Å². The van der Waals surface area contributed by atoms with E-state index in [4.69, 9.17) is 0 Å². The Hall–Kier alpha value is -0.0800. The number of fused-ring (bicyclic) bond motifs is 2. The van der Waals surface area contributed by atoms with Crippen molar-refractivity contribution in [2.75, 3.05) is 6.54 Å². The van der Waals surface area contributed by atoms with E-state index in [1.807, 2.05) is 0 Å². The zero-order valence-electron chi connectivity index (χ0n) is 7.16. The van der Waals surface area contributed by atoms with E-state index >= 15 is 0 Å². The van der Waals surface area contributed by atoms with Gasteiger partial charge in [0.2, 0.25) is 0 Å². The van der Waals surface area contributed by atoms with Gasteiger partial charge in [0.25, 0.3) is 0 Å². The molecule has 2 fully saturated rings. The fraction of sp³-hybridized carbons (Fsp3) is 1.00. The van der Waals surface area contributed by atoms with Gasteiger partial charge in [0.15, 0.2) is 0 Å². The molecule has 2 saturated heterocycles. The summed E-state index contributed by atoms with van der Waals surface area (Å²) in [7, 11) is 0. The minimum Gasteiger partial charge on any atom is -0.393 e. The maximum absolute atomic E-state index is 9.48. The Morgan fingerprint density at radius 2 is 1.82 bits per heavy atom. The predicted molar refractivity (Wildman–Crippen MR) is 44.4 cm³/mol. The Balaban J connectivity index is 2.06. The summed E-state index contributed by atoms with van der Waals surface area (Å²) >= 11 is 0.